The molecule has 282 valence electrons. The highest BCUT2D eigenvalue weighted by Crippen LogP contribution is 2.58. The molecule has 0 radical (unpaired) electrons. The van der Waals surface area contributed by atoms with Crippen LogP contribution < -0.4 is 20.9 Å². The summed E-state index contributed by atoms with van der Waals surface area (Å²) in [6.07, 6.45) is -7.84. The number of aliphatic hydroxyl groups excluding tert-OH is 3. The second-order valence-electron chi connectivity index (χ2n) is 10.5. The molecule has 0 aromatic carbocycles. The number of hydrogen-bond acceptors (Lipinski definition) is 19. The van der Waals surface area contributed by atoms with E-state index in [1.54, 1.807) is 0 Å². The van der Waals surface area contributed by atoms with Crippen molar-refractivity contribution in [3.05, 3.63) is 42.7 Å². The van der Waals surface area contributed by atoms with Gasteiger partial charge in [-0.05, 0) is 13.0 Å². The largest absolute Gasteiger partial charge is 0.756 e. The van der Waals surface area contributed by atoms with Gasteiger partial charge in [-0.25, -0.2) is 28.4 Å². The summed E-state index contributed by atoms with van der Waals surface area (Å²) in [6.45, 7) is -0.678. The molecule has 2 unspecified atom stereocenters. The van der Waals surface area contributed by atoms with E-state index in [4.69, 9.17) is 25.7 Å². The molecule has 2 aliphatic rings. The Morgan fingerprint density at radius 3 is 2.35 bits per heavy atom. The van der Waals surface area contributed by atoms with E-state index in [2.05, 4.69) is 32.8 Å². The SMILES string of the molecule is CC=O.NC(=O)c1ccc[n+]([C@@H]2O[C@H](COP(=O)([O-])OP(=O)(O)OC[C@H]3O[C@@H](n4cnc5c(N)ncnc54)[C@H](OP(=O)(O)O)[C@@H]3O)[C@@H](O)[C@H]2O)c1. The average Bonchev–Trinajstić information content (AvgIpc) is 3.69. The second kappa shape index (κ2) is 16.2. The fourth-order valence-corrected chi connectivity index (χ4v) is 7.42. The van der Waals surface area contributed by atoms with Gasteiger partial charge in [0.25, 0.3) is 20.0 Å². The molecule has 1 amide bonds. The van der Waals surface area contributed by atoms with Crippen LogP contribution in [0.2, 0.25) is 0 Å². The molecular formula is C23H32N7O18P3. The maximum absolute atomic E-state index is 12.5. The molecule has 28 heteroatoms. The summed E-state index contributed by atoms with van der Waals surface area (Å²) >= 11 is 0. The van der Waals surface area contributed by atoms with Crippen LogP contribution in [-0.4, -0.2) is 112 Å². The van der Waals surface area contributed by atoms with Crippen LogP contribution in [0.3, 0.4) is 0 Å². The van der Waals surface area contributed by atoms with Gasteiger partial charge in [-0.3, -0.25) is 23.0 Å². The van der Waals surface area contributed by atoms with E-state index in [0.717, 1.165) is 23.5 Å². The number of primary amides is 1. The first kappa shape index (κ1) is 40.6. The molecule has 10 N–H and O–H groups in total. The number of aliphatic hydroxyl groups is 3. The number of aromatic nitrogens is 5. The van der Waals surface area contributed by atoms with Crippen LogP contribution >= 0.6 is 23.5 Å². The first-order valence-corrected chi connectivity index (χ1v) is 18.6. The Kier molecular flexibility index (Phi) is 12.9. The average molecular weight is 787 g/mol. The molecule has 0 aliphatic carbocycles. The van der Waals surface area contributed by atoms with Gasteiger partial charge in [-0.2, -0.15) is 4.57 Å². The highest BCUT2D eigenvalue weighted by Gasteiger charge is 2.51. The predicted octanol–water partition coefficient (Wildman–Crippen LogP) is -3.33. The van der Waals surface area contributed by atoms with E-state index in [1.807, 2.05) is 0 Å². The molecule has 2 fully saturated rings. The van der Waals surface area contributed by atoms with E-state index < -0.39 is 91.7 Å². The number of carbonyl (C=O) groups is 2. The minimum absolute atomic E-state index is 0.00541. The number of nitrogens with two attached hydrogens (primary N) is 2. The monoisotopic (exact) mass is 787 g/mol. The number of fused-ring (bicyclic) bond motifs is 1. The summed E-state index contributed by atoms with van der Waals surface area (Å²) in [7, 11) is -16.6. The number of phosphoric acid groups is 3. The molecule has 10 atom stereocenters. The third-order valence-electron chi connectivity index (χ3n) is 6.97. The van der Waals surface area contributed by atoms with Crippen LogP contribution in [-0.2, 0) is 45.8 Å². The zero-order valence-corrected chi connectivity index (χ0v) is 28.6. The minimum atomic E-state index is -5.72. The summed E-state index contributed by atoms with van der Waals surface area (Å²) in [5.41, 5.74) is 11.1. The van der Waals surface area contributed by atoms with Crippen LogP contribution in [0.25, 0.3) is 11.2 Å². The van der Waals surface area contributed by atoms with Crippen molar-refractivity contribution in [3.63, 3.8) is 0 Å². The zero-order valence-electron chi connectivity index (χ0n) is 25.9. The van der Waals surface area contributed by atoms with Gasteiger partial charge in [0.15, 0.2) is 36.2 Å². The highest BCUT2D eigenvalue weighted by molar-refractivity contribution is 7.60. The normalized spacial score (nSPS) is 28.8. The molecule has 0 bridgehead atoms. The Hall–Kier alpha value is -3.19. The maximum atomic E-state index is 12.5. The van der Waals surface area contributed by atoms with Gasteiger partial charge < -0.3 is 65.2 Å². The van der Waals surface area contributed by atoms with Crippen molar-refractivity contribution in [2.45, 2.75) is 56.0 Å². The van der Waals surface area contributed by atoms with Crippen molar-refractivity contribution in [1.29, 1.82) is 0 Å². The summed E-state index contributed by atoms with van der Waals surface area (Å²) < 4.78 is 67.9. The van der Waals surface area contributed by atoms with Gasteiger partial charge in [0, 0.05) is 6.07 Å². The lowest BCUT2D eigenvalue weighted by Gasteiger charge is -2.26. The smallest absolute Gasteiger partial charge is 0.478 e. The lowest BCUT2D eigenvalue weighted by molar-refractivity contribution is -0.765. The van der Waals surface area contributed by atoms with Gasteiger partial charge in [0.2, 0.25) is 0 Å². The topological polar surface area (TPSA) is 385 Å². The molecule has 3 aromatic heterocycles. The van der Waals surface area contributed by atoms with Crippen molar-refractivity contribution in [1.82, 2.24) is 19.5 Å². The van der Waals surface area contributed by atoms with Crippen LogP contribution in [0.15, 0.2) is 37.2 Å². The lowest BCUT2D eigenvalue weighted by atomic mass is 10.1. The summed E-state index contributed by atoms with van der Waals surface area (Å²) in [5.74, 6) is -0.862. The molecule has 5 heterocycles. The van der Waals surface area contributed by atoms with E-state index in [0.29, 0.717) is 0 Å². The molecule has 2 saturated heterocycles. The molecular weight excluding hydrogens is 755 g/mol. The number of hydrogen-bond donors (Lipinski definition) is 8. The molecule has 2 aliphatic heterocycles. The number of anilines is 1. The summed E-state index contributed by atoms with van der Waals surface area (Å²) in [6, 6.07) is 2.77. The first-order valence-electron chi connectivity index (χ1n) is 14.1. The number of nitrogen functional groups attached to an aromatic ring is 1. The van der Waals surface area contributed by atoms with Gasteiger partial charge in [0.05, 0.1) is 19.5 Å². The number of phosphoric ester groups is 3. The number of imidazole rings is 1. The predicted molar refractivity (Wildman–Crippen MR) is 160 cm³/mol. The maximum Gasteiger partial charge on any atom is 0.478 e. The Morgan fingerprint density at radius 2 is 1.71 bits per heavy atom. The second-order valence-corrected chi connectivity index (χ2v) is 14.7. The van der Waals surface area contributed by atoms with E-state index >= 15 is 0 Å². The molecule has 25 nitrogen and oxygen atoms in total. The minimum Gasteiger partial charge on any atom is -0.756 e. The van der Waals surface area contributed by atoms with Gasteiger partial charge in [0.1, 0.15) is 54.2 Å². The molecule has 51 heavy (non-hydrogen) atoms. The van der Waals surface area contributed by atoms with Crippen molar-refractivity contribution < 1.29 is 90.1 Å². The van der Waals surface area contributed by atoms with Crippen LogP contribution in [0.1, 0.15) is 29.7 Å². The Labute approximate surface area is 285 Å². The highest BCUT2D eigenvalue weighted by atomic mass is 31.3. The van der Waals surface area contributed by atoms with Gasteiger partial charge in [-0.15, -0.1) is 0 Å². The number of pyridine rings is 1. The number of aldehydes is 1. The summed E-state index contributed by atoms with van der Waals surface area (Å²) in [4.78, 5) is 73.2. The summed E-state index contributed by atoms with van der Waals surface area (Å²) in [5, 5.41) is 31.5. The number of carbonyl (C=O) groups excluding carboxylic acids is 2. The zero-order chi connectivity index (χ0) is 37.9. The lowest BCUT2D eigenvalue weighted by Crippen LogP contribution is -2.46. The van der Waals surface area contributed by atoms with E-state index in [1.165, 1.54) is 36.0 Å². The van der Waals surface area contributed by atoms with Crippen molar-refractivity contribution in [2.75, 3.05) is 18.9 Å². The molecule has 0 saturated carbocycles. The number of ether oxygens (including phenoxy) is 2. The Morgan fingerprint density at radius 1 is 1.06 bits per heavy atom. The molecule has 3 aromatic rings. The Balaban J connectivity index is 0.00000188. The number of rotatable bonds is 13. The fraction of sp³-hybridized carbons (Fsp3) is 0.478. The number of amides is 1. The molecule has 5 rings (SSSR count). The number of nitrogens with zero attached hydrogens (tertiary/aromatic N) is 5. The molecule has 0 spiro atoms. The van der Waals surface area contributed by atoms with Crippen LogP contribution in [0, 0.1) is 0 Å². The van der Waals surface area contributed by atoms with E-state index in [-0.39, 0.29) is 22.5 Å². The van der Waals surface area contributed by atoms with Crippen molar-refractivity contribution in [2.24, 2.45) is 5.73 Å². The first-order chi connectivity index (χ1) is 23.8. The van der Waals surface area contributed by atoms with Gasteiger partial charge in [-0.1, -0.05) is 0 Å². The quantitative estimate of drug-likeness (QED) is 0.0477. The van der Waals surface area contributed by atoms with Crippen molar-refractivity contribution in [3.8, 4) is 0 Å². The van der Waals surface area contributed by atoms with Crippen molar-refractivity contribution >= 4 is 52.6 Å². The Bertz CT molecular complexity index is 1860. The fourth-order valence-electron chi connectivity index (χ4n) is 4.82. The van der Waals surface area contributed by atoms with E-state index in [9.17, 15) is 53.4 Å². The van der Waals surface area contributed by atoms with Crippen LogP contribution in [0.4, 0.5) is 5.82 Å². The van der Waals surface area contributed by atoms with Crippen LogP contribution in [0.5, 0.6) is 0 Å². The van der Waals surface area contributed by atoms with Gasteiger partial charge >= 0.3 is 15.6 Å². The third-order valence-corrected chi connectivity index (χ3v) is 10.1. The third kappa shape index (κ3) is 10.0. The standard InChI is InChI=1S/C21H28N7O17P3.C2H4O/c22-17-12-19(25-7-24-17)28(8-26-12)21-16(44-46(33,34)35)14(30)11(43-21)6-41-48(38,39)45-47(36,37)40-5-10-13(29)15(31)20(42-10)27-3-1-2-9(4-27)18(23)32;1-2-3/h1-4,7-8,10-11,13-16,20-21,29-31H,5-6H2,(H7-,22,23,24,25,32,33,34,35,36,37,38,39);2H,1H3/t10-,11-,13-,14-,15-,16-,20-,21-;/m1./s1.